The molecular formula is C23H24N6O2S2. The highest BCUT2D eigenvalue weighted by Crippen LogP contribution is 2.28. The summed E-state index contributed by atoms with van der Waals surface area (Å²) in [5.74, 6) is 2.01. The van der Waals surface area contributed by atoms with Gasteiger partial charge in [-0.15, -0.1) is 21.5 Å². The number of rotatable bonds is 6. The number of aromatic nitrogens is 6. The molecule has 0 radical (unpaired) electrons. The van der Waals surface area contributed by atoms with Gasteiger partial charge in [-0.05, 0) is 43.9 Å². The quantitative estimate of drug-likeness (QED) is 0.364. The number of hydrogen-bond donors (Lipinski definition) is 1. The third kappa shape index (κ3) is 3.76. The Bertz CT molecular complexity index is 1630. The number of benzene rings is 1. The van der Waals surface area contributed by atoms with E-state index in [2.05, 4.69) is 34.0 Å². The van der Waals surface area contributed by atoms with Crippen molar-refractivity contribution in [3.63, 3.8) is 0 Å². The van der Waals surface area contributed by atoms with Crippen LogP contribution < -0.4 is 11.1 Å². The maximum absolute atomic E-state index is 13.2. The van der Waals surface area contributed by atoms with Gasteiger partial charge in [-0.1, -0.05) is 37.7 Å². The minimum atomic E-state index is -0.114. The van der Waals surface area contributed by atoms with Crippen LogP contribution in [0, 0.1) is 19.8 Å². The molecule has 0 aliphatic heterocycles. The molecule has 10 heteroatoms. The molecular weight excluding hydrogens is 456 g/mol. The second kappa shape index (κ2) is 8.42. The van der Waals surface area contributed by atoms with Gasteiger partial charge in [0.05, 0.1) is 22.0 Å². The van der Waals surface area contributed by atoms with E-state index in [0.717, 1.165) is 27.2 Å². The Morgan fingerprint density at radius 1 is 1.15 bits per heavy atom. The number of aromatic amines is 1. The lowest BCUT2D eigenvalue weighted by atomic mass is 10.1. The van der Waals surface area contributed by atoms with E-state index in [1.165, 1.54) is 23.1 Å². The molecule has 0 aliphatic rings. The van der Waals surface area contributed by atoms with Gasteiger partial charge < -0.3 is 4.98 Å². The molecule has 8 nitrogen and oxygen atoms in total. The number of nitrogens with one attached hydrogen (secondary N) is 1. The fourth-order valence-electron chi connectivity index (χ4n) is 3.92. The van der Waals surface area contributed by atoms with Gasteiger partial charge >= 0.3 is 0 Å². The second-order valence-electron chi connectivity index (χ2n) is 8.54. The molecule has 1 N–H and O–H groups in total. The molecule has 4 aromatic heterocycles. The molecule has 33 heavy (non-hydrogen) atoms. The van der Waals surface area contributed by atoms with Crippen LogP contribution in [0.25, 0.3) is 26.9 Å². The SMILES string of the molecule is Cc1sc2nc(CSc3nnc4n(CCC(C)C)c(=O)c5ccccc5n34)[nH]c(=O)c2c1C. The Balaban J connectivity index is 1.57. The summed E-state index contributed by atoms with van der Waals surface area (Å²) in [4.78, 5) is 35.2. The molecule has 0 atom stereocenters. The van der Waals surface area contributed by atoms with Crippen molar-refractivity contribution in [2.75, 3.05) is 0 Å². The van der Waals surface area contributed by atoms with Gasteiger partial charge in [0, 0.05) is 11.4 Å². The molecule has 0 spiro atoms. The van der Waals surface area contributed by atoms with E-state index >= 15 is 0 Å². The number of fused-ring (bicyclic) bond motifs is 4. The monoisotopic (exact) mass is 480 g/mol. The van der Waals surface area contributed by atoms with E-state index in [4.69, 9.17) is 0 Å². The number of nitrogens with zero attached hydrogens (tertiary/aromatic N) is 5. The zero-order valence-electron chi connectivity index (χ0n) is 18.9. The molecule has 5 rings (SSSR count). The van der Waals surface area contributed by atoms with E-state index in [1.54, 1.807) is 4.57 Å². The number of H-pyrrole nitrogens is 1. The Hall–Kier alpha value is -2.98. The molecule has 0 bridgehead atoms. The maximum atomic E-state index is 13.2. The van der Waals surface area contributed by atoms with E-state index < -0.39 is 0 Å². The van der Waals surface area contributed by atoms with Crippen LogP contribution in [-0.4, -0.2) is 29.1 Å². The summed E-state index contributed by atoms with van der Waals surface area (Å²) in [6.07, 6.45) is 0.869. The molecule has 1 aromatic carbocycles. The zero-order valence-corrected chi connectivity index (χ0v) is 20.5. The van der Waals surface area contributed by atoms with E-state index in [0.29, 0.717) is 45.7 Å². The Kier molecular flexibility index (Phi) is 5.57. The third-order valence-electron chi connectivity index (χ3n) is 5.83. The van der Waals surface area contributed by atoms with Gasteiger partial charge in [-0.3, -0.25) is 18.6 Å². The normalized spacial score (nSPS) is 12.0. The fourth-order valence-corrected chi connectivity index (χ4v) is 5.78. The van der Waals surface area contributed by atoms with Crippen molar-refractivity contribution in [2.24, 2.45) is 5.92 Å². The molecule has 0 saturated carbocycles. The highest BCUT2D eigenvalue weighted by Gasteiger charge is 2.18. The first-order valence-electron chi connectivity index (χ1n) is 10.8. The lowest BCUT2D eigenvalue weighted by Gasteiger charge is -2.12. The van der Waals surface area contributed by atoms with Crippen LogP contribution >= 0.6 is 23.1 Å². The second-order valence-corrected chi connectivity index (χ2v) is 10.7. The van der Waals surface area contributed by atoms with Crippen molar-refractivity contribution in [3.8, 4) is 0 Å². The summed E-state index contributed by atoms with van der Waals surface area (Å²) < 4.78 is 3.64. The molecule has 0 aliphatic carbocycles. The Morgan fingerprint density at radius 3 is 2.73 bits per heavy atom. The molecule has 0 saturated heterocycles. The predicted molar refractivity (Wildman–Crippen MR) is 133 cm³/mol. The van der Waals surface area contributed by atoms with Crippen LogP contribution in [0.2, 0.25) is 0 Å². The number of hydrogen-bond acceptors (Lipinski definition) is 7. The van der Waals surface area contributed by atoms with Crippen molar-refractivity contribution < 1.29 is 0 Å². The summed E-state index contributed by atoms with van der Waals surface area (Å²) >= 11 is 2.97. The average molecular weight is 481 g/mol. The lowest BCUT2D eigenvalue weighted by Crippen LogP contribution is -2.24. The van der Waals surface area contributed by atoms with Gasteiger partial charge in [0.2, 0.25) is 5.78 Å². The van der Waals surface area contributed by atoms with E-state index in [1.807, 2.05) is 42.5 Å². The van der Waals surface area contributed by atoms with Crippen LogP contribution in [0.4, 0.5) is 0 Å². The number of thiophene rings is 1. The third-order valence-corrected chi connectivity index (χ3v) is 7.88. The molecule has 4 heterocycles. The first-order valence-corrected chi connectivity index (χ1v) is 12.6. The average Bonchev–Trinajstić information content (AvgIpc) is 3.33. The Morgan fingerprint density at radius 2 is 1.94 bits per heavy atom. The van der Waals surface area contributed by atoms with E-state index in [9.17, 15) is 9.59 Å². The van der Waals surface area contributed by atoms with Gasteiger partial charge in [0.25, 0.3) is 11.1 Å². The van der Waals surface area contributed by atoms with Crippen LogP contribution in [-0.2, 0) is 12.3 Å². The summed E-state index contributed by atoms with van der Waals surface area (Å²) in [5.41, 5.74) is 1.59. The molecule has 0 unspecified atom stereocenters. The van der Waals surface area contributed by atoms with Crippen LogP contribution in [0.1, 0.15) is 36.5 Å². The van der Waals surface area contributed by atoms with Crippen LogP contribution in [0.15, 0.2) is 39.0 Å². The molecule has 170 valence electrons. The molecule has 0 amide bonds. The van der Waals surface area contributed by atoms with Crippen molar-refractivity contribution in [1.82, 2.24) is 29.1 Å². The van der Waals surface area contributed by atoms with Crippen molar-refractivity contribution >= 4 is 50.0 Å². The molecule has 0 fully saturated rings. The van der Waals surface area contributed by atoms with Crippen molar-refractivity contribution in [3.05, 3.63) is 61.2 Å². The largest absolute Gasteiger partial charge is 0.309 e. The fraction of sp³-hybridized carbons (Fsp3) is 0.348. The first-order chi connectivity index (χ1) is 15.8. The van der Waals surface area contributed by atoms with Gasteiger partial charge in [0.1, 0.15) is 10.7 Å². The predicted octanol–water partition coefficient (Wildman–Crippen LogP) is 4.30. The lowest BCUT2D eigenvalue weighted by molar-refractivity contribution is 0.512. The summed E-state index contributed by atoms with van der Waals surface area (Å²) in [5, 5.41) is 10.7. The van der Waals surface area contributed by atoms with Crippen molar-refractivity contribution in [1.29, 1.82) is 0 Å². The topological polar surface area (TPSA) is 97.9 Å². The van der Waals surface area contributed by atoms with E-state index in [-0.39, 0.29) is 11.1 Å². The highest BCUT2D eigenvalue weighted by atomic mass is 32.2. The number of para-hydroxylation sites is 1. The van der Waals surface area contributed by atoms with Crippen LogP contribution in [0.3, 0.4) is 0 Å². The van der Waals surface area contributed by atoms with Crippen LogP contribution in [0.5, 0.6) is 0 Å². The Labute approximate surface area is 197 Å². The van der Waals surface area contributed by atoms with Gasteiger partial charge in [0.15, 0.2) is 5.16 Å². The smallest absolute Gasteiger partial charge is 0.262 e. The number of thioether (sulfide) groups is 1. The standard InChI is InChI=1S/C23H24N6O2S2/c1-12(2)9-10-28-21(31)15-7-5-6-8-16(15)29-22(28)26-27-23(29)32-11-17-24-19(30)18-13(3)14(4)33-20(18)25-17/h5-8,12H,9-11H2,1-4H3,(H,24,25,30). The highest BCUT2D eigenvalue weighted by molar-refractivity contribution is 7.98. The zero-order chi connectivity index (χ0) is 23.3. The summed E-state index contributed by atoms with van der Waals surface area (Å²) in [6.45, 7) is 8.80. The minimum absolute atomic E-state index is 0.0532. The summed E-state index contributed by atoms with van der Waals surface area (Å²) in [6, 6.07) is 7.52. The van der Waals surface area contributed by atoms with Crippen molar-refractivity contribution in [2.45, 2.75) is 51.6 Å². The summed E-state index contributed by atoms with van der Waals surface area (Å²) in [7, 11) is 0. The number of aryl methyl sites for hydroxylation is 3. The van der Waals surface area contributed by atoms with Gasteiger partial charge in [-0.2, -0.15) is 0 Å². The maximum Gasteiger partial charge on any atom is 0.262 e. The van der Waals surface area contributed by atoms with Gasteiger partial charge in [-0.25, -0.2) is 4.98 Å². The first kappa shape index (κ1) is 21.8. The minimum Gasteiger partial charge on any atom is -0.309 e. The molecule has 5 aromatic rings.